The Balaban J connectivity index is 3.15. The smallest absolute Gasteiger partial charge is 0.304 e. The summed E-state index contributed by atoms with van der Waals surface area (Å²) in [5.74, 6) is 0. The second-order valence-corrected chi connectivity index (χ2v) is 2.29. The van der Waals surface area contributed by atoms with E-state index in [1.54, 1.807) is 7.05 Å². The van der Waals surface area contributed by atoms with E-state index in [0.29, 0.717) is 5.69 Å². The largest absolute Gasteiger partial charge is 0.378 e. The first-order valence-electron chi connectivity index (χ1n) is 3.61. The summed E-state index contributed by atoms with van der Waals surface area (Å²) in [6.07, 6.45) is 2.97. The molecular formula is C7H10N3O3+. The van der Waals surface area contributed by atoms with Gasteiger partial charge in [0.2, 0.25) is 6.20 Å². The predicted octanol–water partition coefficient (Wildman–Crippen LogP) is -0.0176. The van der Waals surface area contributed by atoms with Crippen LogP contribution < -0.4 is 14.9 Å². The van der Waals surface area contributed by atoms with Crippen LogP contribution in [0.4, 0.5) is 11.4 Å². The van der Waals surface area contributed by atoms with Crippen molar-refractivity contribution >= 4 is 11.4 Å². The highest BCUT2D eigenvalue weighted by molar-refractivity contribution is 5.57. The van der Waals surface area contributed by atoms with Crippen molar-refractivity contribution < 1.29 is 14.5 Å². The average Bonchev–Trinajstić information content (AvgIpc) is 2.16. The summed E-state index contributed by atoms with van der Waals surface area (Å²) >= 11 is 0. The predicted molar refractivity (Wildman–Crippen MR) is 45.3 cm³/mol. The number of hydrogen-bond acceptors (Lipinski definition) is 4. The van der Waals surface area contributed by atoms with E-state index in [4.69, 9.17) is 4.84 Å². The van der Waals surface area contributed by atoms with Crippen LogP contribution in [-0.2, 0) is 0 Å². The maximum atomic E-state index is 10.5. The molecule has 1 aromatic rings. The molecule has 1 rings (SSSR count). The van der Waals surface area contributed by atoms with Gasteiger partial charge in [-0.1, -0.05) is 0 Å². The summed E-state index contributed by atoms with van der Waals surface area (Å²) in [6.45, 7) is 0. The molecule has 13 heavy (non-hydrogen) atoms. The number of pyridine rings is 1. The first kappa shape index (κ1) is 9.24. The standard InChI is InChI=1S/C7H10N3O3/c1-8-6-5-9(13-2)4-3-7(6)10(11)12/h3-5,8H,1-2H3/q+1. The number of anilines is 1. The minimum absolute atomic E-state index is 0.0239. The lowest BCUT2D eigenvalue weighted by molar-refractivity contribution is -0.885. The van der Waals surface area contributed by atoms with E-state index in [0.717, 1.165) is 0 Å². The number of hydrogen-bond donors (Lipinski definition) is 1. The van der Waals surface area contributed by atoms with Crippen molar-refractivity contribution in [2.75, 3.05) is 19.5 Å². The molecule has 0 spiro atoms. The zero-order valence-electron chi connectivity index (χ0n) is 7.35. The first-order chi connectivity index (χ1) is 6.19. The molecule has 0 bridgehead atoms. The molecule has 0 atom stereocenters. The molecule has 0 aliphatic heterocycles. The lowest BCUT2D eigenvalue weighted by atomic mass is 10.3. The molecule has 1 N–H and O–H groups in total. The van der Waals surface area contributed by atoms with Gasteiger partial charge in [0.05, 0.1) is 11.0 Å². The maximum Gasteiger partial charge on any atom is 0.304 e. The van der Waals surface area contributed by atoms with Crippen LogP contribution >= 0.6 is 0 Å². The van der Waals surface area contributed by atoms with Gasteiger partial charge in [0.25, 0.3) is 6.20 Å². The van der Waals surface area contributed by atoms with Gasteiger partial charge in [0.1, 0.15) is 7.11 Å². The molecule has 0 aliphatic carbocycles. The molecule has 0 unspecified atom stereocenters. The summed E-state index contributed by atoms with van der Waals surface area (Å²) in [6, 6.07) is 1.37. The monoisotopic (exact) mass is 184 g/mol. The van der Waals surface area contributed by atoms with Crippen LogP contribution in [0.25, 0.3) is 0 Å². The van der Waals surface area contributed by atoms with Crippen LogP contribution in [0.5, 0.6) is 0 Å². The van der Waals surface area contributed by atoms with E-state index >= 15 is 0 Å². The molecule has 6 heteroatoms. The van der Waals surface area contributed by atoms with Crippen LogP contribution in [0.3, 0.4) is 0 Å². The van der Waals surface area contributed by atoms with Crippen molar-refractivity contribution in [3.05, 3.63) is 28.6 Å². The van der Waals surface area contributed by atoms with Crippen LogP contribution in [0, 0.1) is 10.1 Å². The fourth-order valence-electron chi connectivity index (χ4n) is 0.936. The molecule has 0 saturated carbocycles. The van der Waals surface area contributed by atoms with E-state index in [1.165, 1.54) is 30.3 Å². The van der Waals surface area contributed by atoms with Gasteiger partial charge >= 0.3 is 5.69 Å². The van der Waals surface area contributed by atoms with Gasteiger partial charge in [-0.15, -0.1) is 0 Å². The highest BCUT2D eigenvalue weighted by Gasteiger charge is 2.17. The van der Waals surface area contributed by atoms with Crippen molar-refractivity contribution in [2.24, 2.45) is 0 Å². The maximum absolute atomic E-state index is 10.5. The van der Waals surface area contributed by atoms with E-state index in [2.05, 4.69) is 5.32 Å². The van der Waals surface area contributed by atoms with Crippen LogP contribution in [0.1, 0.15) is 0 Å². The lowest BCUT2D eigenvalue weighted by Crippen LogP contribution is -2.39. The second-order valence-electron chi connectivity index (χ2n) is 2.29. The van der Waals surface area contributed by atoms with Crippen molar-refractivity contribution in [3.8, 4) is 0 Å². The Hall–Kier alpha value is -1.85. The van der Waals surface area contributed by atoms with Crippen LogP contribution in [0.2, 0.25) is 0 Å². The third-order valence-electron chi connectivity index (χ3n) is 1.59. The van der Waals surface area contributed by atoms with Crippen LogP contribution in [0.15, 0.2) is 18.5 Å². The highest BCUT2D eigenvalue weighted by atomic mass is 16.6. The Morgan fingerprint density at radius 1 is 1.69 bits per heavy atom. The molecule has 70 valence electrons. The van der Waals surface area contributed by atoms with Gasteiger partial charge in [-0.05, 0) is 0 Å². The normalized spacial score (nSPS) is 9.38. The Kier molecular flexibility index (Phi) is 2.63. The minimum Gasteiger partial charge on any atom is -0.378 e. The lowest BCUT2D eigenvalue weighted by Gasteiger charge is -1.98. The molecule has 0 radical (unpaired) electrons. The zero-order chi connectivity index (χ0) is 9.84. The third kappa shape index (κ3) is 1.84. The third-order valence-corrected chi connectivity index (χ3v) is 1.59. The molecule has 1 aromatic heterocycles. The van der Waals surface area contributed by atoms with Gasteiger partial charge in [-0.2, -0.15) is 0 Å². The molecular weight excluding hydrogens is 174 g/mol. The summed E-state index contributed by atoms with van der Waals surface area (Å²) in [5.41, 5.74) is 0.435. The second kappa shape index (κ2) is 3.70. The topological polar surface area (TPSA) is 68.3 Å². The number of nitrogens with zero attached hydrogens (tertiary/aromatic N) is 2. The first-order valence-corrected chi connectivity index (χ1v) is 3.61. The summed E-state index contributed by atoms with van der Waals surface area (Å²) < 4.78 is 1.37. The van der Waals surface area contributed by atoms with Gasteiger partial charge in [-0.3, -0.25) is 15.0 Å². The fourth-order valence-corrected chi connectivity index (χ4v) is 0.936. The zero-order valence-corrected chi connectivity index (χ0v) is 7.35. The number of rotatable bonds is 3. The molecule has 0 fully saturated rings. The molecule has 0 aromatic carbocycles. The Morgan fingerprint density at radius 2 is 2.38 bits per heavy atom. The van der Waals surface area contributed by atoms with Crippen LogP contribution in [-0.4, -0.2) is 19.1 Å². The van der Waals surface area contributed by atoms with Gasteiger partial charge in [0, 0.05) is 11.8 Å². The van der Waals surface area contributed by atoms with Gasteiger partial charge < -0.3 is 5.32 Å². The summed E-state index contributed by atoms with van der Waals surface area (Å²) in [5, 5.41) is 13.2. The van der Waals surface area contributed by atoms with Crippen molar-refractivity contribution in [1.29, 1.82) is 0 Å². The number of aromatic nitrogens is 1. The number of nitrogens with one attached hydrogen (secondary N) is 1. The SMILES string of the molecule is CNc1c[n+](OC)ccc1[N+](=O)[O-]. The Labute approximate surface area is 74.9 Å². The highest BCUT2D eigenvalue weighted by Crippen LogP contribution is 2.19. The average molecular weight is 184 g/mol. The molecule has 0 amide bonds. The molecule has 0 aliphatic rings. The van der Waals surface area contributed by atoms with Crippen molar-refractivity contribution in [1.82, 2.24) is 0 Å². The quantitative estimate of drug-likeness (QED) is 0.407. The van der Waals surface area contributed by atoms with E-state index < -0.39 is 4.92 Å². The van der Waals surface area contributed by atoms with Crippen molar-refractivity contribution in [2.45, 2.75) is 0 Å². The molecule has 1 heterocycles. The van der Waals surface area contributed by atoms with Gasteiger partial charge in [0.15, 0.2) is 5.69 Å². The Morgan fingerprint density at radius 3 is 2.85 bits per heavy atom. The minimum atomic E-state index is -0.453. The van der Waals surface area contributed by atoms with Gasteiger partial charge in [-0.25, -0.2) is 0 Å². The van der Waals surface area contributed by atoms with E-state index in [1.807, 2.05) is 0 Å². The van der Waals surface area contributed by atoms with E-state index in [9.17, 15) is 10.1 Å². The molecule has 6 nitrogen and oxygen atoms in total. The summed E-state index contributed by atoms with van der Waals surface area (Å²) in [4.78, 5) is 14.9. The Bertz CT molecular complexity index is 327. The van der Waals surface area contributed by atoms with Crippen molar-refractivity contribution in [3.63, 3.8) is 0 Å². The summed E-state index contributed by atoms with van der Waals surface area (Å²) in [7, 11) is 3.09. The molecule has 0 saturated heterocycles. The number of nitro groups is 1. The van der Waals surface area contributed by atoms with E-state index in [-0.39, 0.29) is 5.69 Å². The fraction of sp³-hybridized carbons (Fsp3) is 0.286.